The Labute approximate surface area is 177 Å². The number of allylic oxidation sites excluding steroid dienone is 1. The lowest BCUT2D eigenvalue weighted by atomic mass is 9.54. The van der Waals surface area contributed by atoms with E-state index in [1.54, 1.807) is 7.11 Å². The lowest BCUT2D eigenvalue weighted by Gasteiger charge is -2.52. The Bertz CT molecular complexity index is 828. The van der Waals surface area contributed by atoms with Crippen LogP contribution in [0, 0.1) is 17.3 Å². The second kappa shape index (κ2) is 7.90. The first-order valence-corrected chi connectivity index (χ1v) is 11.5. The van der Waals surface area contributed by atoms with Gasteiger partial charge < -0.3 is 14.2 Å². The van der Waals surface area contributed by atoms with E-state index in [1.165, 1.54) is 11.1 Å². The number of aryl methyl sites for hydroxylation is 1. The molecule has 0 amide bonds. The molecule has 0 N–H and O–H groups in total. The zero-order valence-corrected chi connectivity index (χ0v) is 18.0. The lowest BCUT2D eigenvalue weighted by Crippen LogP contribution is -2.48. The van der Waals surface area contributed by atoms with Gasteiger partial charge in [0, 0.05) is 25.0 Å². The van der Waals surface area contributed by atoms with E-state index in [0.717, 1.165) is 50.9 Å². The molecule has 1 heterocycles. The van der Waals surface area contributed by atoms with Gasteiger partial charge in [-0.1, -0.05) is 13.0 Å². The van der Waals surface area contributed by atoms with Crippen molar-refractivity contribution in [3.63, 3.8) is 0 Å². The number of hydrogen-bond acceptors (Lipinski definition) is 3. The van der Waals surface area contributed by atoms with Crippen LogP contribution in [0.15, 0.2) is 29.9 Å². The predicted octanol–water partition coefficient (Wildman–Crippen LogP) is 6.22. The third-order valence-corrected chi connectivity index (χ3v) is 8.37. The Morgan fingerprint density at radius 3 is 2.73 bits per heavy atom. The Balaban J connectivity index is 1.43. The topological polar surface area (TPSA) is 27.7 Å². The largest absolute Gasteiger partial charge is 0.465 e. The second-order valence-electron chi connectivity index (χ2n) is 9.78. The van der Waals surface area contributed by atoms with Gasteiger partial charge in [-0.3, -0.25) is 0 Å². The highest BCUT2D eigenvalue weighted by molar-refractivity contribution is 5.42. The molecule has 0 bridgehead atoms. The van der Waals surface area contributed by atoms with Gasteiger partial charge in [0.05, 0.1) is 12.7 Å². The van der Waals surface area contributed by atoms with Crippen LogP contribution < -0.4 is 4.74 Å². The summed E-state index contributed by atoms with van der Waals surface area (Å²) in [6, 6.07) is 6.42. The highest BCUT2D eigenvalue weighted by Crippen LogP contribution is 2.64. The molecule has 1 saturated heterocycles. The molecule has 0 aromatic heterocycles. The van der Waals surface area contributed by atoms with Gasteiger partial charge in [0.2, 0.25) is 0 Å². The summed E-state index contributed by atoms with van der Waals surface area (Å²) in [4.78, 5) is 0. The molecule has 4 aliphatic rings. The van der Waals surface area contributed by atoms with Gasteiger partial charge >= 0.3 is 0 Å². The number of benzene rings is 1. The smallest absolute Gasteiger partial charge is 0.270 e. The standard InChI is InChI=1S/C25H32F2O3/c1-25-14-21(28-2)23-17-9-7-16(30-22-5-3-4-12-29-22)13-15(17)6-8-18(23)19(25)10-11-20(25)24(26)27/h7,9,13,18-19,21-23H,3-6,8,10-12,14H2,1-2H3/t18-,19-,21?,22?,23+,25-/m0/s1. The normalized spacial score (nSPS) is 37.9. The lowest BCUT2D eigenvalue weighted by molar-refractivity contribution is -0.106. The van der Waals surface area contributed by atoms with Crippen LogP contribution in [0.2, 0.25) is 0 Å². The molecule has 0 spiro atoms. The van der Waals surface area contributed by atoms with Crippen molar-refractivity contribution in [1.29, 1.82) is 0 Å². The van der Waals surface area contributed by atoms with E-state index in [0.29, 0.717) is 30.3 Å². The van der Waals surface area contributed by atoms with E-state index in [1.807, 2.05) is 0 Å². The molecule has 3 nitrogen and oxygen atoms in total. The van der Waals surface area contributed by atoms with Crippen LogP contribution in [0.4, 0.5) is 8.78 Å². The minimum Gasteiger partial charge on any atom is -0.465 e. The van der Waals surface area contributed by atoms with Gasteiger partial charge in [-0.2, -0.15) is 8.78 Å². The molecule has 30 heavy (non-hydrogen) atoms. The van der Waals surface area contributed by atoms with Gasteiger partial charge in [-0.15, -0.1) is 0 Å². The van der Waals surface area contributed by atoms with Gasteiger partial charge in [-0.05, 0) is 85.5 Å². The van der Waals surface area contributed by atoms with Crippen LogP contribution >= 0.6 is 0 Å². The Hall–Kier alpha value is -1.46. The minimum absolute atomic E-state index is 0.0313. The summed E-state index contributed by atoms with van der Waals surface area (Å²) >= 11 is 0. The molecule has 1 aromatic rings. The number of methoxy groups -OCH3 is 1. The molecule has 1 aliphatic heterocycles. The molecule has 164 valence electrons. The second-order valence-corrected chi connectivity index (χ2v) is 9.78. The predicted molar refractivity (Wildman–Crippen MR) is 111 cm³/mol. The number of halogens is 2. The van der Waals surface area contributed by atoms with E-state index in [-0.39, 0.29) is 18.3 Å². The fourth-order valence-electron chi connectivity index (χ4n) is 6.99. The van der Waals surface area contributed by atoms with Crippen LogP contribution in [-0.4, -0.2) is 26.1 Å². The van der Waals surface area contributed by atoms with Crippen LogP contribution in [-0.2, 0) is 15.9 Å². The van der Waals surface area contributed by atoms with Crippen LogP contribution in [0.25, 0.3) is 0 Å². The highest BCUT2D eigenvalue weighted by Gasteiger charge is 2.57. The van der Waals surface area contributed by atoms with Gasteiger partial charge in [-0.25, -0.2) is 0 Å². The summed E-state index contributed by atoms with van der Waals surface area (Å²) in [5.74, 6) is 1.86. The molecule has 3 fully saturated rings. The van der Waals surface area contributed by atoms with E-state index < -0.39 is 11.5 Å². The maximum Gasteiger partial charge on any atom is 0.270 e. The summed E-state index contributed by atoms with van der Waals surface area (Å²) in [5.41, 5.74) is 2.60. The van der Waals surface area contributed by atoms with E-state index in [9.17, 15) is 8.78 Å². The number of rotatable bonds is 3. The molecule has 2 saturated carbocycles. The van der Waals surface area contributed by atoms with Crippen molar-refractivity contribution in [3.8, 4) is 5.75 Å². The summed E-state index contributed by atoms with van der Waals surface area (Å²) < 4.78 is 45.2. The quantitative estimate of drug-likeness (QED) is 0.583. The van der Waals surface area contributed by atoms with E-state index in [2.05, 4.69) is 25.1 Å². The fourth-order valence-corrected chi connectivity index (χ4v) is 6.99. The third kappa shape index (κ3) is 3.29. The summed E-state index contributed by atoms with van der Waals surface area (Å²) in [6.07, 6.45) is 5.63. The van der Waals surface area contributed by atoms with Crippen LogP contribution in [0.1, 0.15) is 68.9 Å². The fraction of sp³-hybridized carbons (Fsp3) is 0.680. The maximum atomic E-state index is 13.7. The van der Waals surface area contributed by atoms with Crippen LogP contribution in [0.3, 0.4) is 0 Å². The number of fused-ring (bicyclic) bond motifs is 5. The van der Waals surface area contributed by atoms with E-state index >= 15 is 0 Å². The zero-order chi connectivity index (χ0) is 20.9. The highest BCUT2D eigenvalue weighted by atomic mass is 19.3. The first-order chi connectivity index (χ1) is 14.5. The van der Waals surface area contributed by atoms with Crippen molar-refractivity contribution >= 4 is 0 Å². The average Bonchev–Trinajstić information content (AvgIpc) is 3.10. The first kappa shape index (κ1) is 20.4. The Kier molecular flexibility index (Phi) is 5.39. The molecule has 5 rings (SSSR count). The van der Waals surface area contributed by atoms with Crippen molar-refractivity contribution in [3.05, 3.63) is 41.0 Å². The Morgan fingerprint density at radius 2 is 2.00 bits per heavy atom. The molecule has 2 unspecified atom stereocenters. The zero-order valence-electron chi connectivity index (χ0n) is 18.0. The molecule has 6 atom stereocenters. The SMILES string of the molecule is COC1C[C@]2(C)C(=C(F)F)CC[C@H]2[C@@H]2CCc3cc(OC4CCCCO4)ccc3[C@@H]12. The van der Waals surface area contributed by atoms with Gasteiger partial charge in [0.15, 0.2) is 6.29 Å². The van der Waals surface area contributed by atoms with Crippen molar-refractivity contribution in [1.82, 2.24) is 0 Å². The van der Waals surface area contributed by atoms with Gasteiger partial charge in [0.25, 0.3) is 6.08 Å². The number of hydrogen-bond donors (Lipinski definition) is 0. The molecule has 1 aromatic carbocycles. The third-order valence-electron chi connectivity index (χ3n) is 8.37. The molecule has 0 radical (unpaired) electrons. The summed E-state index contributed by atoms with van der Waals surface area (Å²) in [7, 11) is 1.74. The summed E-state index contributed by atoms with van der Waals surface area (Å²) in [6.45, 7) is 2.82. The molecular weight excluding hydrogens is 386 g/mol. The van der Waals surface area contributed by atoms with Crippen molar-refractivity contribution in [2.45, 2.75) is 76.6 Å². The first-order valence-electron chi connectivity index (χ1n) is 11.5. The summed E-state index contributed by atoms with van der Waals surface area (Å²) in [5, 5.41) is 0. The molecular formula is C25H32F2O3. The monoisotopic (exact) mass is 418 g/mol. The maximum absolute atomic E-state index is 13.7. The number of ether oxygens (including phenoxy) is 3. The molecule has 3 aliphatic carbocycles. The molecule has 5 heteroatoms. The van der Waals surface area contributed by atoms with Gasteiger partial charge in [0.1, 0.15) is 5.75 Å². The van der Waals surface area contributed by atoms with Crippen molar-refractivity contribution < 1.29 is 23.0 Å². The van der Waals surface area contributed by atoms with Crippen molar-refractivity contribution in [2.75, 3.05) is 13.7 Å². The Morgan fingerprint density at radius 1 is 1.13 bits per heavy atom. The minimum atomic E-state index is -1.46. The van der Waals surface area contributed by atoms with Crippen molar-refractivity contribution in [2.24, 2.45) is 17.3 Å². The average molecular weight is 419 g/mol. The van der Waals surface area contributed by atoms with Crippen LogP contribution in [0.5, 0.6) is 5.75 Å². The van der Waals surface area contributed by atoms with E-state index in [4.69, 9.17) is 14.2 Å².